The third kappa shape index (κ3) is 9.33. The molecule has 2 amide bonds. The molecule has 0 aromatic heterocycles. The summed E-state index contributed by atoms with van der Waals surface area (Å²) in [4.78, 5) is 33.8. The van der Waals surface area contributed by atoms with E-state index < -0.39 is 12.0 Å². The molecule has 0 fully saturated rings. The number of guanidine groups is 1. The highest BCUT2D eigenvalue weighted by molar-refractivity contribution is 5.92. The summed E-state index contributed by atoms with van der Waals surface area (Å²) in [5, 5.41) is 15.6. The Bertz CT molecular complexity index is 1230. The van der Waals surface area contributed by atoms with Gasteiger partial charge in [0, 0.05) is 37.8 Å². The number of amides is 2. The molecule has 0 bridgehead atoms. The number of aliphatic imine (C=N–C) groups is 2. The van der Waals surface area contributed by atoms with Gasteiger partial charge in [-0.25, -0.2) is 0 Å². The van der Waals surface area contributed by atoms with E-state index in [0.717, 1.165) is 36.0 Å². The van der Waals surface area contributed by atoms with Gasteiger partial charge in [-0.05, 0) is 74.1 Å². The van der Waals surface area contributed by atoms with Gasteiger partial charge in [0.15, 0.2) is 5.96 Å². The van der Waals surface area contributed by atoms with E-state index in [1.807, 2.05) is 18.2 Å². The normalized spacial score (nSPS) is 16.3. The van der Waals surface area contributed by atoms with Crippen LogP contribution in [-0.2, 0) is 9.59 Å². The third-order valence-electron chi connectivity index (χ3n) is 6.28. The summed E-state index contributed by atoms with van der Waals surface area (Å²) in [6.45, 7) is 3.89. The molecule has 1 aliphatic heterocycles. The van der Waals surface area contributed by atoms with Crippen molar-refractivity contribution in [3.63, 3.8) is 0 Å². The average Bonchev–Trinajstić information content (AvgIpc) is 3.30. The lowest BCUT2D eigenvalue weighted by molar-refractivity contribution is -0.124. The first-order valence-corrected chi connectivity index (χ1v) is 13.4. The van der Waals surface area contributed by atoms with Gasteiger partial charge in [0.1, 0.15) is 23.5 Å². The lowest BCUT2D eigenvalue weighted by atomic mass is 9.89. The molecule has 0 saturated heterocycles. The molecule has 0 spiro atoms. The van der Waals surface area contributed by atoms with Crippen molar-refractivity contribution >= 4 is 29.7 Å². The molecule has 1 heterocycles. The average molecular weight is 550 g/mol. The molecule has 2 aromatic carbocycles. The first kappa shape index (κ1) is 30.0. The van der Waals surface area contributed by atoms with Gasteiger partial charge in [-0.1, -0.05) is 18.2 Å². The fraction of sp³-hybridized carbons (Fsp3) is 0.379. The number of phenols is 1. The Balaban J connectivity index is 1.67. The second kappa shape index (κ2) is 15.2. The van der Waals surface area contributed by atoms with Crippen molar-refractivity contribution in [1.29, 1.82) is 0 Å². The summed E-state index contributed by atoms with van der Waals surface area (Å²) in [7, 11) is 0. The molecule has 0 aliphatic carbocycles. The number of ether oxygens (including phenoxy) is 1. The van der Waals surface area contributed by atoms with Crippen LogP contribution in [0, 0.1) is 0 Å². The van der Waals surface area contributed by atoms with E-state index in [2.05, 4.69) is 20.6 Å². The summed E-state index contributed by atoms with van der Waals surface area (Å²) >= 11 is 0. The number of amidine groups is 1. The number of nitrogens with two attached hydrogens (primary N) is 3. The van der Waals surface area contributed by atoms with Crippen molar-refractivity contribution in [2.45, 2.75) is 44.6 Å². The fourth-order valence-corrected chi connectivity index (χ4v) is 4.29. The topological polar surface area (TPSA) is 190 Å². The van der Waals surface area contributed by atoms with Crippen LogP contribution < -0.4 is 32.6 Å². The van der Waals surface area contributed by atoms with E-state index in [4.69, 9.17) is 21.9 Å². The van der Waals surface area contributed by atoms with Crippen LogP contribution >= 0.6 is 0 Å². The number of hydrogen-bond donors (Lipinski definition) is 6. The van der Waals surface area contributed by atoms with E-state index in [9.17, 15) is 14.7 Å². The minimum Gasteiger partial charge on any atom is -0.508 e. The van der Waals surface area contributed by atoms with Crippen LogP contribution in [-0.4, -0.2) is 54.9 Å². The van der Waals surface area contributed by atoms with Crippen molar-refractivity contribution in [2.24, 2.45) is 27.2 Å². The number of nitrogens with one attached hydrogen (secondary N) is 2. The molecule has 0 radical (unpaired) electrons. The van der Waals surface area contributed by atoms with Crippen LogP contribution in [0.3, 0.4) is 0 Å². The number of carbonyl (C=O) groups is 2. The monoisotopic (exact) mass is 549 g/mol. The molecular weight excluding hydrogens is 510 g/mol. The SMILES string of the molecule is CC(N)=NCCCCNC(=O)/C=C/c1ccc2c(c1)[C@@H](C(=O)NCCCCN=C(N)N)[C@H](c1ccc(O)cc1)O2. The Morgan fingerprint density at radius 3 is 2.30 bits per heavy atom. The minimum atomic E-state index is -0.612. The maximum Gasteiger partial charge on any atom is 0.243 e. The number of nitrogens with zero attached hydrogens (tertiary/aromatic N) is 2. The Labute approximate surface area is 234 Å². The molecule has 1 aliphatic rings. The summed E-state index contributed by atoms with van der Waals surface area (Å²) in [5.74, 6) is 0.346. The summed E-state index contributed by atoms with van der Waals surface area (Å²) in [5.41, 5.74) is 18.5. The van der Waals surface area contributed by atoms with Gasteiger partial charge >= 0.3 is 0 Å². The summed E-state index contributed by atoms with van der Waals surface area (Å²) < 4.78 is 6.21. The summed E-state index contributed by atoms with van der Waals surface area (Å²) in [6, 6.07) is 12.2. The Hall–Kier alpha value is -4.54. The smallest absolute Gasteiger partial charge is 0.243 e. The molecule has 2 aromatic rings. The van der Waals surface area contributed by atoms with Crippen LogP contribution in [0.4, 0.5) is 0 Å². The first-order chi connectivity index (χ1) is 19.2. The van der Waals surface area contributed by atoms with Gasteiger partial charge in [0.05, 0.1) is 5.84 Å². The predicted molar refractivity (Wildman–Crippen MR) is 157 cm³/mol. The molecule has 214 valence electrons. The second-order valence-corrected chi connectivity index (χ2v) is 9.56. The fourth-order valence-electron chi connectivity index (χ4n) is 4.29. The van der Waals surface area contributed by atoms with Crippen LogP contribution in [0.1, 0.15) is 61.3 Å². The standard InChI is InChI=1S/C29H39N7O4/c1-19(30)33-14-2-3-15-34-25(38)13-7-20-6-12-24-23(18-20)26(27(40-24)21-8-10-22(37)11-9-21)28(39)35-16-4-5-17-36-29(31)32/h6-13,18,26-27,37H,2-5,14-17H2,1H3,(H2,30,33)(H,34,38)(H,35,39)(H4,31,32,36)/b13-7+/t26-,27+/m1/s1. The zero-order valence-electron chi connectivity index (χ0n) is 22.8. The van der Waals surface area contributed by atoms with Crippen LogP contribution in [0.15, 0.2) is 58.5 Å². The molecule has 0 saturated carbocycles. The van der Waals surface area contributed by atoms with Gasteiger partial charge < -0.3 is 37.7 Å². The van der Waals surface area contributed by atoms with Crippen LogP contribution in [0.25, 0.3) is 6.08 Å². The number of carbonyl (C=O) groups excluding carboxylic acids is 2. The Morgan fingerprint density at radius 1 is 0.950 bits per heavy atom. The van der Waals surface area contributed by atoms with Crippen molar-refractivity contribution in [3.05, 3.63) is 65.2 Å². The molecule has 9 N–H and O–H groups in total. The van der Waals surface area contributed by atoms with Gasteiger partial charge in [-0.3, -0.25) is 19.6 Å². The van der Waals surface area contributed by atoms with Crippen molar-refractivity contribution < 1.29 is 19.4 Å². The van der Waals surface area contributed by atoms with E-state index in [1.165, 1.54) is 6.08 Å². The van der Waals surface area contributed by atoms with E-state index in [1.54, 1.807) is 37.3 Å². The highest BCUT2D eigenvalue weighted by atomic mass is 16.5. The van der Waals surface area contributed by atoms with E-state index >= 15 is 0 Å². The zero-order chi connectivity index (χ0) is 28.9. The second-order valence-electron chi connectivity index (χ2n) is 9.56. The van der Waals surface area contributed by atoms with Gasteiger partial charge in [-0.2, -0.15) is 0 Å². The maximum absolute atomic E-state index is 13.4. The summed E-state index contributed by atoms with van der Waals surface area (Å²) in [6.07, 6.45) is 5.71. The van der Waals surface area contributed by atoms with E-state index in [-0.39, 0.29) is 23.5 Å². The minimum absolute atomic E-state index is 0.0476. The van der Waals surface area contributed by atoms with Crippen molar-refractivity contribution in [2.75, 3.05) is 26.2 Å². The highest BCUT2D eigenvalue weighted by Crippen LogP contribution is 2.46. The molecule has 11 nitrogen and oxygen atoms in total. The number of benzene rings is 2. The first-order valence-electron chi connectivity index (χ1n) is 13.4. The van der Waals surface area contributed by atoms with Crippen molar-refractivity contribution in [1.82, 2.24) is 10.6 Å². The molecule has 2 atom stereocenters. The Morgan fingerprint density at radius 2 is 1.62 bits per heavy atom. The molecule has 3 rings (SSSR count). The lowest BCUT2D eigenvalue weighted by Gasteiger charge is -2.19. The molecule has 0 unspecified atom stereocenters. The molecule has 11 heteroatoms. The zero-order valence-corrected chi connectivity index (χ0v) is 22.8. The van der Waals surface area contributed by atoms with Crippen molar-refractivity contribution in [3.8, 4) is 11.5 Å². The number of rotatable bonds is 14. The van der Waals surface area contributed by atoms with Crippen LogP contribution in [0.2, 0.25) is 0 Å². The quantitative estimate of drug-likeness (QED) is 0.0899. The maximum atomic E-state index is 13.4. The molecular formula is C29H39N7O4. The van der Waals surface area contributed by atoms with Gasteiger partial charge in [-0.15, -0.1) is 0 Å². The van der Waals surface area contributed by atoms with Crippen LogP contribution in [0.5, 0.6) is 11.5 Å². The predicted octanol–water partition coefficient (Wildman–Crippen LogP) is 2.07. The number of fused-ring (bicyclic) bond motifs is 1. The van der Waals surface area contributed by atoms with Gasteiger partial charge in [0.25, 0.3) is 0 Å². The highest BCUT2D eigenvalue weighted by Gasteiger charge is 2.40. The molecule has 40 heavy (non-hydrogen) atoms. The number of unbranched alkanes of at least 4 members (excludes halogenated alkanes) is 2. The third-order valence-corrected chi connectivity index (χ3v) is 6.28. The number of hydrogen-bond acceptors (Lipinski definition) is 6. The Kier molecular flexibility index (Phi) is 11.4. The number of phenolic OH excluding ortho intramolecular Hbond substituents is 1. The van der Waals surface area contributed by atoms with Gasteiger partial charge in [0.2, 0.25) is 11.8 Å². The largest absolute Gasteiger partial charge is 0.508 e. The number of aromatic hydroxyl groups is 1. The van der Waals surface area contributed by atoms with E-state index in [0.29, 0.717) is 44.2 Å². The lowest BCUT2D eigenvalue weighted by Crippen LogP contribution is -2.32.